The third kappa shape index (κ3) is 3.86. The Hall–Kier alpha value is -1.87. The van der Waals surface area contributed by atoms with E-state index in [1.165, 1.54) is 6.07 Å². The fourth-order valence-electron chi connectivity index (χ4n) is 1.18. The largest absolute Gasteiger partial charge is 0.399 e. The van der Waals surface area contributed by atoms with Crippen molar-refractivity contribution in [3.8, 4) is 0 Å². The van der Waals surface area contributed by atoms with Gasteiger partial charge in [0.2, 0.25) is 10.0 Å². The molecule has 0 fully saturated rings. The average Bonchev–Trinajstić information content (AvgIpc) is 2.23. The van der Waals surface area contributed by atoms with Gasteiger partial charge in [0.25, 0.3) is 0 Å². The zero-order valence-electron chi connectivity index (χ0n) is 9.31. The van der Waals surface area contributed by atoms with Gasteiger partial charge in [0.15, 0.2) is 0 Å². The number of amides is 2. The Labute approximate surface area is 103 Å². The summed E-state index contributed by atoms with van der Waals surface area (Å²) in [5.41, 5.74) is 10.2. The Morgan fingerprint density at radius 3 is 2.56 bits per heavy atom. The van der Waals surface area contributed by atoms with E-state index in [4.69, 9.17) is 11.5 Å². The average molecular weight is 276 g/mol. The zero-order valence-corrected chi connectivity index (χ0v) is 10.1. The third-order valence-electron chi connectivity index (χ3n) is 1.96. The van der Waals surface area contributed by atoms with Crippen molar-refractivity contribution in [2.24, 2.45) is 5.73 Å². The standard InChI is InChI=1S/C9H13FN4O3S/c10-7-5-6(11)1-2-8(7)18(16,17)14-4-3-13-9(12)15/h1-2,5,14H,3-4,11H2,(H3,12,13,15). The number of hydrogen-bond acceptors (Lipinski definition) is 4. The number of carbonyl (C=O) groups is 1. The van der Waals surface area contributed by atoms with Gasteiger partial charge in [0.1, 0.15) is 10.7 Å². The molecule has 0 aliphatic rings. The highest BCUT2D eigenvalue weighted by molar-refractivity contribution is 7.89. The van der Waals surface area contributed by atoms with Crippen LogP contribution < -0.4 is 21.5 Å². The molecular weight excluding hydrogens is 263 g/mol. The van der Waals surface area contributed by atoms with Crippen molar-refractivity contribution in [3.05, 3.63) is 24.0 Å². The van der Waals surface area contributed by atoms with Crippen molar-refractivity contribution < 1.29 is 17.6 Å². The molecule has 0 saturated heterocycles. The van der Waals surface area contributed by atoms with E-state index in [0.717, 1.165) is 12.1 Å². The van der Waals surface area contributed by atoms with Gasteiger partial charge in [0.05, 0.1) is 0 Å². The number of nitrogens with one attached hydrogen (secondary N) is 2. The number of hydrogen-bond donors (Lipinski definition) is 4. The van der Waals surface area contributed by atoms with Crippen LogP contribution in [0.3, 0.4) is 0 Å². The molecule has 0 aromatic heterocycles. The second kappa shape index (κ2) is 5.65. The molecule has 0 unspecified atom stereocenters. The number of primary amides is 1. The Balaban J connectivity index is 2.71. The van der Waals surface area contributed by atoms with E-state index < -0.39 is 26.8 Å². The number of halogens is 1. The van der Waals surface area contributed by atoms with E-state index in [1.807, 2.05) is 0 Å². The number of carbonyl (C=O) groups excluding carboxylic acids is 1. The summed E-state index contributed by atoms with van der Waals surface area (Å²) in [5.74, 6) is -0.939. The predicted octanol–water partition coefficient (Wildman–Crippen LogP) is -0.646. The molecule has 7 nitrogen and oxygen atoms in total. The van der Waals surface area contributed by atoms with E-state index in [-0.39, 0.29) is 18.8 Å². The molecule has 0 bridgehead atoms. The monoisotopic (exact) mass is 276 g/mol. The first-order chi connectivity index (χ1) is 8.33. The fraction of sp³-hybridized carbons (Fsp3) is 0.222. The first-order valence-corrected chi connectivity index (χ1v) is 6.39. The van der Waals surface area contributed by atoms with E-state index in [2.05, 4.69) is 10.0 Å². The summed E-state index contributed by atoms with van der Waals surface area (Å²) in [5, 5.41) is 2.19. The van der Waals surface area contributed by atoms with Gasteiger partial charge in [-0.15, -0.1) is 0 Å². The number of benzene rings is 1. The minimum absolute atomic E-state index is 0.00511. The lowest BCUT2D eigenvalue weighted by Crippen LogP contribution is -2.37. The van der Waals surface area contributed by atoms with E-state index in [1.54, 1.807) is 0 Å². The minimum atomic E-state index is -3.98. The lowest BCUT2D eigenvalue weighted by molar-refractivity contribution is 0.249. The molecular formula is C9H13FN4O3S. The van der Waals surface area contributed by atoms with Gasteiger partial charge in [-0.1, -0.05) is 0 Å². The van der Waals surface area contributed by atoms with Gasteiger partial charge in [-0.25, -0.2) is 22.3 Å². The van der Waals surface area contributed by atoms with Crippen molar-refractivity contribution in [2.75, 3.05) is 18.8 Å². The number of nitrogens with two attached hydrogens (primary N) is 2. The van der Waals surface area contributed by atoms with Crippen LogP contribution in [0.1, 0.15) is 0 Å². The number of sulfonamides is 1. The molecule has 0 spiro atoms. The molecule has 0 saturated carbocycles. The molecule has 100 valence electrons. The number of anilines is 1. The van der Waals surface area contributed by atoms with Crippen LogP contribution in [0.25, 0.3) is 0 Å². The molecule has 0 atom stereocenters. The van der Waals surface area contributed by atoms with E-state index in [9.17, 15) is 17.6 Å². The maximum Gasteiger partial charge on any atom is 0.312 e. The van der Waals surface area contributed by atoms with Crippen molar-refractivity contribution in [1.29, 1.82) is 0 Å². The van der Waals surface area contributed by atoms with Gasteiger partial charge in [0, 0.05) is 18.8 Å². The second-order valence-electron chi connectivity index (χ2n) is 3.38. The molecule has 6 N–H and O–H groups in total. The fourth-order valence-corrected chi connectivity index (χ4v) is 2.27. The summed E-state index contributed by atoms with van der Waals surface area (Å²) in [7, 11) is -3.98. The molecule has 0 heterocycles. The molecule has 1 aromatic rings. The molecule has 2 amide bonds. The Morgan fingerprint density at radius 1 is 1.33 bits per heavy atom. The highest BCUT2D eigenvalue weighted by Gasteiger charge is 2.18. The summed E-state index contributed by atoms with van der Waals surface area (Å²) in [6.07, 6.45) is 0. The normalized spacial score (nSPS) is 11.2. The maximum absolute atomic E-state index is 13.4. The lowest BCUT2D eigenvalue weighted by Gasteiger charge is -2.08. The predicted molar refractivity (Wildman–Crippen MR) is 63.6 cm³/mol. The SMILES string of the molecule is NC(=O)NCCNS(=O)(=O)c1ccc(N)cc1F. The number of urea groups is 1. The highest BCUT2D eigenvalue weighted by Crippen LogP contribution is 2.16. The van der Waals surface area contributed by atoms with Crippen LogP contribution in [0.4, 0.5) is 14.9 Å². The second-order valence-corrected chi connectivity index (χ2v) is 5.11. The zero-order chi connectivity index (χ0) is 13.8. The van der Waals surface area contributed by atoms with Crippen LogP contribution in [-0.2, 0) is 10.0 Å². The van der Waals surface area contributed by atoms with Crippen LogP contribution >= 0.6 is 0 Å². The number of rotatable bonds is 5. The first-order valence-electron chi connectivity index (χ1n) is 4.91. The Kier molecular flexibility index (Phi) is 4.45. The molecule has 9 heteroatoms. The Bertz CT molecular complexity index is 547. The molecule has 1 rings (SSSR count). The van der Waals surface area contributed by atoms with Crippen LogP contribution in [0.15, 0.2) is 23.1 Å². The third-order valence-corrected chi connectivity index (χ3v) is 3.46. The highest BCUT2D eigenvalue weighted by atomic mass is 32.2. The van der Waals surface area contributed by atoms with Gasteiger partial charge in [-0.3, -0.25) is 0 Å². The number of nitrogen functional groups attached to an aromatic ring is 1. The van der Waals surface area contributed by atoms with Crippen LogP contribution in [0.2, 0.25) is 0 Å². The molecule has 18 heavy (non-hydrogen) atoms. The molecule has 1 aromatic carbocycles. The van der Waals surface area contributed by atoms with Crippen LogP contribution in [0.5, 0.6) is 0 Å². The van der Waals surface area contributed by atoms with E-state index in [0.29, 0.717) is 0 Å². The van der Waals surface area contributed by atoms with Gasteiger partial charge < -0.3 is 16.8 Å². The maximum atomic E-state index is 13.4. The molecule has 0 aliphatic carbocycles. The van der Waals surface area contributed by atoms with E-state index >= 15 is 0 Å². The van der Waals surface area contributed by atoms with Crippen LogP contribution in [-0.4, -0.2) is 27.5 Å². The van der Waals surface area contributed by atoms with Crippen molar-refractivity contribution in [1.82, 2.24) is 10.0 Å². The van der Waals surface area contributed by atoms with Crippen molar-refractivity contribution >= 4 is 21.7 Å². The van der Waals surface area contributed by atoms with Crippen molar-refractivity contribution in [2.45, 2.75) is 4.90 Å². The molecule has 0 aliphatic heterocycles. The summed E-state index contributed by atoms with van der Waals surface area (Å²) in [6.45, 7) is -0.0970. The van der Waals surface area contributed by atoms with Gasteiger partial charge in [-0.2, -0.15) is 0 Å². The molecule has 0 radical (unpaired) electrons. The summed E-state index contributed by atoms with van der Waals surface area (Å²) in [4.78, 5) is 9.84. The van der Waals surface area contributed by atoms with Gasteiger partial charge >= 0.3 is 6.03 Å². The summed E-state index contributed by atoms with van der Waals surface area (Å²) >= 11 is 0. The van der Waals surface area contributed by atoms with Crippen LogP contribution in [0, 0.1) is 5.82 Å². The quantitative estimate of drug-likeness (QED) is 0.421. The smallest absolute Gasteiger partial charge is 0.312 e. The minimum Gasteiger partial charge on any atom is -0.399 e. The topological polar surface area (TPSA) is 127 Å². The first kappa shape index (κ1) is 14.2. The Morgan fingerprint density at radius 2 is 2.00 bits per heavy atom. The van der Waals surface area contributed by atoms with Gasteiger partial charge in [-0.05, 0) is 18.2 Å². The summed E-state index contributed by atoms with van der Waals surface area (Å²) < 4.78 is 38.9. The lowest BCUT2D eigenvalue weighted by atomic mass is 10.3. The van der Waals surface area contributed by atoms with Crippen molar-refractivity contribution in [3.63, 3.8) is 0 Å². The summed E-state index contributed by atoms with van der Waals surface area (Å²) in [6, 6.07) is 2.48.